The largest absolute Gasteiger partial charge is 0.360 e. The maximum Gasteiger partial charge on any atom is 0.244 e. The van der Waals surface area contributed by atoms with E-state index in [9.17, 15) is 17.6 Å². The van der Waals surface area contributed by atoms with Gasteiger partial charge in [0.15, 0.2) is 5.13 Å². The van der Waals surface area contributed by atoms with Crippen LogP contribution in [0.15, 0.2) is 65.0 Å². The minimum atomic E-state index is -3.91. The minimum Gasteiger partial charge on any atom is -0.360 e. The number of thiazole rings is 1. The summed E-state index contributed by atoms with van der Waals surface area (Å²) in [5.74, 6) is -0.942. The van der Waals surface area contributed by atoms with Gasteiger partial charge in [-0.05, 0) is 43.2 Å². The lowest BCUT2D eigenvalue weighted by Crippen LogP contribution is -2.43. The second kappa shape index (κ2) is 8.12. The van der Waals surface area contributed by atoms with E-state index in [2.05, 4.69) is 15.3 Å². The molecule has 0 saturated carbocycles. The molecule has 4 aromatic rings. The standard InChI is InChI=1S/C22H19FN4O3S2/c23-14-7-9-15(10-8-14)32(29,30)27-11-3-6-20(27)21(28)26-22-25-19(13-31-22)17-12-24-18-5-2-1-4-16(17)18/h1-2,4-5,7-10,12-13,20,24H,3,6,11H2,(H,25,26,28)/t20-/m1/s1. The lowest BCUT2D eigenvalue weighted by molar-refractivity contribution is -0.119. The summed E-state index contributed by atoms with van der Waals surface area (Å²) < 4.78 is 40.4. The van der Waals surface area contributed by atoms with Crippen molar-refractivity contribution < 1.29 is 17.6 Å². The molecule has 164 valence electrons. The Morgan fingerprint density at radius 1 is 1.19 bits per heavy atom. The predicted molar refractivity (Wildman–Crippen MR) is 121 cm³/mol. The minimum absolute atomic E-state index is 0.0329. The first-order valence-corrected chi connectivity index (χ1v) is 12.4. The fourth-order valence-electron chi connectivity index (χ4n) is 3.96. The number of H-pyrrole nitrogens is 1. The van der Waals surface area contributed by atoms with Gasteiger partial charge >= 0.3 is 0 Å². The zero-order valence-corrected chi connectivity index (χ0v) is 18.4. The van der Waals surface area contributed by atoms with E-state index in [1.807, 2.05) is 35.8 Å². The molecule has 2 aromatic carbocycles. The molecule has 0 radical (unpaired) electrons. The highest BCUT2D eigenvalue weighted by molar-refractivity contribution is 7.89. The van der Waals surface area contributed by atoms with Crippen molar-refractivity contribution in [3.63, 3.8) is 0 Å². The third-order valence-electron chi connectivity index (χ3n) is 5.53. The summed E-state index contributed by atoms with van der Waals surface area (Å²) in [6, 6.07) is 11.6. The van der Waals surface area contributed by atoms with Gasteiger partial charge in [0.25, 0.3) is 0 Å². The Balaban J connectivity index is 1.35. The number of amides is 1. The number of rotatable bonds is 5. The molecular weight excluding hydrogens is 451 g/mol. The van der Waals surface area contributed by atoms with Gasteiger partial charge in [-0.1, -0.05) is 18.2 Å². The van der Waals surface area contributed by atoms with Gasteiger partial charge in [0.1, 0.15) is 11.9 Å². The van der Waals surface area contributed by atoms with E-state index in [0.29, 0.717) is 18.0 Å². The molecule has 1 atom stereocenters. The molecule has 1 saturated heterocycles. The summed E-state index contributed by atoms with van der Waals surface area (Å²) in [6.07, 6.45) is 2.85. The van der Waals surface area contributed by atoms with Crippen molar-refractivity contribution in [1.82, 2.24) is 14.3 Å². The lowest BCUT2D eigenvalue weighted by atomic mass is 10.1. The maximum atomic E-state index is 13.2. The maximum absolute atomic E-state index is 13.2. The van der Waals surface area contributed by atoms with Gasteiger partial charge in [0.05, 0.1) is 10.6 Å². The highest BCUT2D eigenvalue weighted by Gasteiger charge is 2.39. The van der Waals surface area contributed by atoms with Gasteiger partial charge in [0, 0.05) is 34.6 Å². The van der Waals surface area contributed by atoms with Crippen molar-refractivity contribution in [2.75, 3.05) is 11.9 Å². The third-order valence-corrected chi connectivity index (χ3v) is 8.21. The normalized spacial score (nSPS) is 17.1. The summed E-state index contributed by atoms with van der Waals surface area (Å²) in [6.45, 7) is 0.232. The Morgan fingerprint density at radius 2 is 1.97 bits per heavy atom. The van der Waals surface area contributed by atoms with Crippen molar-refractivity contribution in [3.8, 4) is 11.3 Å². The SMILES string of the molecule is O=C(Nc1nc(-c2c[nH]c3ccccc23)cs1)[C@H]1CCCN1S(=O)(=O)c1ccc(F)cc1. The second-order valence-corrected chi connectivity index (χ2v) is 10.3. The van der Waals surface area contributed by atoms with Crippen molar-refractivity contribution >= 4 is 43.3 Å². The van der Waals surface area contributed by atoms with Gasteiger partial charge in [0.2, 0.25) is 15.9 Å². The van der Waals surface area contributed by atoms with Crippen LogP contribution in [0.25, 0.3) is 22.2 Å². The van der Waals surface area contributed by atoms with E-state index >= 15 is 0 Å². The molecule has 3 heterocycles. The fraction of sp³-hybridized carbons (Fsp3) is 0.182. The zero-order chi connectivity index (χ0) is 22.3. The van der Waals surface area contributed by atoms with Crippen LogP contribution in [-0.2, 0) is 14.8 Å². The smallest absolute Gasteiger partial charge is 0.244 e. The first-order chi connectivity index (χ1) is 15.4. The quantitative estimate of drug-likeness (QED) is 0.457. The number of fused-ring (bicyclic) bond motifs is 1. The number of hydrogen-bond donors (Lipinski definition) is 2. The van der Waals surface area contributed by atoms with Crippen LogP contribution >= 0.6 is 11.3 Å². The molecule has 5 rings (SSSR count). The molecular formula is C22H19FN4O3S2. The Bertz CT molecular complexity index is 1400. The van der Waals surface area contributed by atoms with Crippen LogP contribution in [0.2, 0.25) is 0 Å². The second-order valence-electron chi connectivity index (χ2n) is 7.50. The first kappa shape index (κ1) is 20.8. The Labute approximate surface area is 188 Å². The highest BCUT2D eigenvalue weighted by Crippen LogP contribution is 2.32. The molecule has 2 N–H and O–H groups in total. The number of halogens is 1. The molecule has 0 bridgehead atoms. The molecule has 1 fully saturated rings. The lowest BCUT2D eigenvalue weighted by Gasteiger charge is -2.23. The molecule has 0 unspecified atom stereocenters. The number of anilines is 1. The Hall–Kier alpha value is -3.08. The molecule has 2 aromatic heterocycles. The van der Waals surface area contributed by atoms with Gasteiger partial charge in [-0.3, -0.25) is 4.79 Å². The van der Waals surface area contributed by atoms with E-state index in [1.54, 1.807) is 0 Å². The Kier molecular flexibility index (Phi) is 5.28. The van der Waals surface area contributed by atoms with Crippen LogP contribution in [0.3, 0.4) is 0 Å². The van der Waals surface area contributed by atoms with Crippen LogP contribution in [0.1, 0.15) is 12.8 Å². The summed E-state index contributed by atoms with van der Waals surface area (Å²) in [4.78, 5) is 20.6. The van der Waals surface area contributed by atoms with Crippen LogP contribution in [0.4, 0.5) is 9.52 Å². The molecule has 10 heteroatoms. The van der Waals surface area contributed by atoms with Crippen LogP contribution in [0.5, 0.6) is 0 Å². The topological polar surface area (TPSA) is 95.2 Å². The number of sulfonamides is 1. The van der Waals surface area contributed by atoms with Crippen molar-refractivity contribution in [1.29, 1.82) is 0 Å². The molecule has 1 aliphatic rings. The number of nitrogens with zero attached hydrogens (tertiary/aromatic N) is 2. The summed E-state index contributed by atoms with van der Waals surface area (Å²) in [5.41, 5.74) is 2.65. The van der Waals surface area contributed by atoms with Crippen LogP contribution in [0, 0.1) is 5.82 Å². The number of nitrogens with one attached hydrogen (secondary N) is 2. The van der Waals surface area contributed by atoms with Gasteiger partial charge < -0.3 is 10.3 Å². The van der Waals surface area contributed by atoms with E-state index in [1.165, 1.54) is 27.8 Å². The molecule has 1 aliphatic heterocycles. The van der Waals surface area contributed by atoms with E-state index in [4.69, 9.17) is 0 Å². The number of para-hydroxylation sites is 1. The molecule has 7 nitrogen and oxygen atoms in total. The van der Waals surface area contributed by atoms with E-state index in [0.717, 1.165) is 34.3 Å². The van der Waals surface area contributed by atoms with E-state index in [-0.39, 0.29) is 11.4 Å². The number of aromatic amines is 1. The van der Waals surface area contributed by atoms with Gasteiger partial charge in [-0.2, -0.15) is 4.31 Å². The monoisotopic (exact) mass is 470 g/mol. The predicted octanol–water partition coefficient (Wildman–Crippen LogP) is 4.22. The average Bonchev–Trinajstić information content (AvgIpc) is 3.53. The summed E-state index contributed by atoms with van der Waals surface area (Å²) in [7, 11) is -3.91. The highest BCUT2D eigenvalue weighted by atomic mass is 32.2. The van der Waals surface area contributed by atoms with Gasteiger partial charge in [-0.15, -0.1) is 11.3 Å². The van der Waals surface area contributed by atoms with Crippen molar-refractivity contribution in [2.45, 2.75) is 23.8 Å². The molecule has 0 spiro atoms. The van der Waals surface area contributed by atoms with Crippen molar-refractivity contribution in [2.24, 2.45) is 0 Å². The number of aromatic nitrogens is 2. The number of carbonyl (C=O) groups is 1. The Morgan fingerprint density at radius 3 is 2.78 bits per heavy atom. The average molecular weight is 471 g/mol. The zero-order valence-electron chi connectivity index (χ0n) is 16.8. The van der Waals surface area contributed by atoms with Crippen LogP contribution in [-0.4, -0.2) is 41.2 Å². The fourth-order valence-corrected chi connectivity index (χ4v) is 6.33. The first-order valence-electron chi connectivity index (χ1n) is 10.0. The van der Waals surface area contributed by atoms with Crippen LogP contribution < -0.4 is 5.32 Å². The molecule has 0 aliphatic carbocycles. The molecule has 1 amide bonds. The summed E-state index contributed by atoms with van der Waals surface area (Å²) >= 11 is 1.28. The number of benzene rings is 2. The van der Waals surface area contributed by atoms with Gasteiger partial charge in [-0.25, -0.2) is 17.8 Å². The molecule has 32 heavy (non-hydrogen) atoms. The van der Waals surface area contributed by atoms with E-state index < -0.39 is 27.8 Å². The van der Waals surface area contributed by atoms with Crippen molar-refractivity contribution in [3.05, 3.63) is 65.9 Å². The number of carbonyl (C=O) groups excluding carboxylic acids is 1. The summed E-state index contributed by atoms with van der Waals surface area (Å²) in [5, 5.41) is 6.06. The third kappa shape index (κ3) is 3.70. The number of hydrogen-bond acceptors (Lipinski definition) is 5.